The Morgan fingerprint density at radius 2 is 1.72 bits per heavy atom. The van der Waals surface area contributed by atoms with Gasteiger partial charge in [-0.05, 0) is 5.56 Å². The smallest absolute Gasteiger partial charge is 0.272 e. The molecular weight excluding hydrogens is 481 g/mol. The second-order valence-electron chi connectivity index (χ2n) is 7.50. The van der Waals surface area contributed by atoms with Crippen LogP contribution in [0.15, 0.2) is 60.7 Å². The number of benzene rings is 2. The lowest BCUT2D eigenvalue weighted by Gasteiger charge is -2.48. The minimum Gasteiger partial charge on any atom is -0.388 e. The lowest BCUT2D eigenvalue weighted by atomic mass is 9.95. The number of carbonyl (C=O) groups is 1. The zero-order valence-electron chi connectivity index (χ0n) is 16.8. The summed E-state index contributed by atoms with van der Waals surface area (Å²) < 4.78 is 21.5. The van der Waals surface area contributed by atoms with Crippen LogP contribution in [0.1, 0.15) is 17.4 Å². The van der Waals surface area contributed by atoms with Gasteiger partial charge in [-0.2, -0.15) is 0 Å². The lowest BCUT2D eigenvalue weighted by Crippen LogP contribution is -2.67. The molecule has 2 heterocycles. The van der Waals surface area contributed by atoms with Crippen LogP contribution < -0.4 is 5.32 Å². The maximum absolute atomic E-state index is 12.3. The van der Waals surface area contributed by atoms with E-state index in [1.807, 2.05) is 60.7 Å². The van der Waals surface area contributed by atoms with Crippen LogP contribution in [-0.4, -0.2) is 52.1 Å². The molecule has 2 saturated heterocycles. The molecule has 0 bridgehead atoms. The number of ether oxygens (including phenoxy) is 4. The maximum Gasteiger partial charge on any atom is 0.272 e. The molecule has 0 aliphatic carbocycles. The number of aliphatic hydroxyl groups excluding tert-OH is 1. The molecule has 32 heavy (non-hydrogen) atoms. The van der Waals surface area contributed by atoms with E-state index in [2.05, 4.69) is 5.32 Å². The SMILES string of the molecule is O=C(N[C@H]1[C@H](OCc2ccccc2)O[C@@H]2COC(c3ccccc3)O[C@H]2[C@@H]1O)C(Cl)(Cl)Cl. The van der Waals surface area contributed by atoms with E-state index in [4.69, 9.17) is 53.8 Å². The van der Waals surface area contributed by atoms with Crippen LogP contribution in [0, 0.1) is 0 Å². The van der Waals surface area contributed by atoms with Gasteiger partial charge >= 0.3 is 0 Å². The summed E-state index contributed by atoms with van der Waals surface area (Å²) in [6.07, 6.45) is -4.34. The van der Waals surface area contributed by atoms with E-state index < -0.39 is 46.6 Å². The number of hydrogen-bond donors (Lipinski definition) is 2. The molecule has 2 N–H and O–H groups in total. The Labute approximate surface area is 200 Å². The van der Waals surface area contributed by atoms with Crippen LogP contribution in [0.2, 0.25) is 0 Å². The number of alkyl halides is 3. The van der Waals surface area contributed by atoms with Crippen molar-refractivity contribution in [2.45, 2.75) is 47.3 Å². The summed E-state index contributed by atoms with van der Waals surface area (Å²) in [6, 6.07) is 17.7. The molecule has 2 fully saturated rings. The van der Waals surface area contributed by atoms with Crippen molar-refractivity contribution in [3.63, 3.8) is 0 Å². The van der Waals surface area contributed by atoms with Crippen LogP contribution in [0.4, 0.5) is 0 Å². The maximum atomic E-state index is 12.3. The third-order valence-corrected chi connectivity index (χ3v) is 5.76. The standard InChI is InChI=1S/C22H22Cl3NO6/c23-22(24,25)21(28)26-16-17(27)18-15(12-30-19(32-18)14-9-5-2-6-10-14)31-20(16)29-11-13-7-3-1-4-8-13/h1-10,15-20,27H,11-12H2,(H,26,28)/t15-,16-,17-,18-,19?,20-/m1/s1. The van der Waals surface area contributed by atoms with E-state index in [0.29, 0.717) is 0 Å². The summed E-state index contributed by atoms with van der Waals surface area (Å²) in [4.78, 5) is 12.3. The normalized spacial score (nSPS) is 30.4. The Morgan fingerprint density at radius 1 is 1.06 bits per heavy atom. The first kappa shape index (κ1) is 23.7. The van der Waals surface area contributed by atoms with Gasteiger partial charge in [-0.1, -0.05) is 95.5 Å². The largest absolute Gasteiger partial charge is 0.388 e. The fourth-order valence-corrected chi connectivity index (χ4v) is 3.82. The van der Waals surface area contributed by atoms with Crippen molar-refractivity contribution in [2.75, 3.05) is 6.61 Å². The van der Waals surface area contributed by atoms with E-state index in [1.165, 1.54) is 0 Å². The van der Waals surface area contributed by atoms with Crippen molar-refractivity contribution in [3.8, 4) is 0 Å². The molecule has 4 rings (SSSR count). The molecule has 2 aromatic rings. The molecule has 2 aliphatic heterocycles. The summed E-state index contributed by atoms with van der Waals surface area (Å²) in [6.45, 7) is 0.349. The topological polar surface area (TPSA) is 86.3 Å². The fourth-order valence-electron chi connectivity index (χ4n) is 3.65. The molecule has 2 aliphatic rings. The molecule has 0 spiro atoms. The van der Waals surface area contributed by atoms with Crippen LogP contribution in [-0.2, 0) is 30.3 Å². The van der Waals surface area contributed by atoms with Gasteiger partial charge in [0.15, 0.2) is 12.6 Å². The van der Waals surface area contributed by atoms with Crippen LogP contribution in [0.3, 0.4) is 0 Å². The quantitative estimate of drug-likeness (QED) is 0.611. The van der Waals surface area contributed by atoms with Crippen molar-refractivity contribution in [1.82, 2.24) is 5.32 Å². The molecule has 1 unspecified atom stereocenters. The monoisotopic (exact) mass is 501 g/mol. The number of fused-ring (bicyclic) bond motifs is 1. The van der Waals surface area contributed by atoms with E-state index in [1.54, 1.807) is 0 Å². The highest BCUT2D eigenvalue weighted by Gasteiger charge is 2.51. The Balaban J connectivity index is 1.51. The Bertz CT molecular complexity index is 898. The van der Waals surface area contributed by atoms with E-state index in [0.717, 1.165) is 11.1 Å². The second kappa shape index (κ2) is 10.2. The van der Waals surface area contributed by atoms with Gasteiger partial charge in [-0.15, -0.1) is 0 Å². The zero-order valence-corrected chi connectivity index (χ0v) is 19.0. The summed E-state index contributed by atoms with van der Waals surface area (Å²) >= 11 is 17.1. The summed E-state index contributed by atoms with van der Waals surface area (Å²) in [5.41, 5.74) is 1.68. The first-order valence-corrected chi connectivity index (χ1v) is 11.1. The highest BCUT2D eigenvalue weighted by atomic mass is 35.6. The Hall–Kier alpha value is -1.42. The van der Waals surface area contributed by atoms with Gasteiger partial charge in [0, 0.05) is 5.56 Å². The molecular formula is C22H22Cl3NO6. The summed E-state index contributed by atoms with van der Waals surface area (Å²) in [5, 5.41) is 13.7. The number of halogens is 3. The molecule has 2 aromatic carbocycles. The number of nitrogens with one attached hydrogen (secondary N) is 1. The molecule has 1 amide bonds. The molecule has 0 radical (unpaired) electrons. The van der Waals surface area contributed by atoms with E-state index >= 15 is 0 Å². The van der Waals surface area contributed by atoms with Crippen molar-refractivity contribution >= 4 is 40.7 Å². The minimum atomic E-state index is -2.22. The molecule has 10 heteroatoms. The third-order valence-electron chi connectivity index (χ3n) is 5.25. The fraction of sp³-hybridized carbons (Fsp3) is 0.409. The predicted octanol–water partition coefficient (Wildman–Crippen LogP) is 3.26. The van der Waals surface area contributed by atoms with Crippen LogP contribution in [0.5, 0.6) is 0 Å². The Kier molecular flexibility index (Phi) is 7.59. The highest BCUT2D eigenvalue weighted by molar-refractivity contribution is 6.76. The summed E-state index contributed by atoms with van der Waals surface area (Å²) in [7, 11) is 0. The average molecular weight is 503 g/mol. The van der Waals surface area contributed by atoms with Crippen molar-refractivity contribution in [3.05, 3.63) is 71.8 Å². The van der Waals surface area contributed by atoms with Gasteiger partial charge in [-0.3, -0.25) is 4.79 Å². The molecule has 0 aromatic heterocycles. The molecule has 0 saturated carbocycles. The number of amides is 1. The predicted molar refractivity (Wildman–Crippen MR) is 118 cm³/mol. The van der Waals surface area contributed by atoms with Gasteiger partial charge in [0.1, 0.15) is 24.4 Å². The van der Waals surface area contributed by atoms with Gasteiger partial charge in [-0.25, -0.2) is 0 Å². The van der Waals surface area contributed by atoms with Gasteiger partial charge in [0.25, 0.3) is 9.70 Å². The third kappa shape index (κ3) is 5.55. The van der Waals surface area contributed by atoms with Crippen molar-refractivity contribution in [2.24, 2.45) is 0 Å². The zero-order chi connectivity index (χ0) is 22.7. The summed E-state index contributed by atoms with van der Waals surface area (Å²) in [5.74, 6) is -0.909. The van der Waals surface area contributed by atoms with Gasteiger partial charge < -0.3 is 29.4 Å². The van der Waals surface area contributed by atoms with E-state index in [-0.39, 0.29) is 13.2 Å². The number of hydrogen-bond acceptors (Lipinski definition) is 6. The number of carbonyl (C=O) groups excluding carboxylic acids is 1. The van der Waals surface area contributed by atoms with Crippen LogP contribution in [0.25, 0.3) is 0 Å². The molecule has 172 valence electrons. The minimum absolute atomic E-state index is 0.164. The highest BCUT2D eigenvalue weighted by Crippen LogP contribution is 2.35. The molecule has 6 atom stereocenters. The Morgan fingerprint density at radius 3 is 2.38 bits per heavy atom. The van der Waals surface area contributed by atoms with Crippen molar-refractivity contribution < 1.29 is 28.8 Å². The number of aliphatic hydroxyl groups is 1. The first-order chi connectivity index (χ1) is 15.3. The second-order valence-corrected chi connectivity index (χ2v) is 9.78. The van der Waals surface area contributed by atoms with Crippen molar-refractivity contribution in [1.29, 1.82) is 0 Å². The van der Waals surface area contributed by atoms with Crippen LogP contribution >= 0.6 is 34.8 Å². The average Bonchev–Trinajstić information content (AvgIpc) is 2.80. The van der Waals surface area contributed by atoms with Gasteiger partial charge in [0.05, 0.1) is 13.2 Å². The number of rotatable bonds is 5. The molecule has 7 nitrogen and oxygen atoms in total. The van der Waals surface area contributed by atoms with Gasteiger partial charge in [0.2, 0.25) is 0 Å². The van der Waals surface area contributed by atoms with E-state index in [9.17, 15) is 9.90 Å². The first-order valence-electron chi connectivity index (χ1n) is 10.0. The lowest BCUT2D eigenvalue weighted by molar-refractivity contribution is -0.345.